The molecule has 4 aromatic heterocycles. The van der Waals surface area contributed by atoms with Crippen LogP contribution in [0.2, 0.25) is 0 Å². The lowest BCUT2D eigenvalue weighted by atomic mass is 9.87. The number of aromatic nitrogens is 4. The van der Waals surface area contributed by atoms with E-state index in [9.17, 15) is 0 Å². The molecule has 8 rings (SSSR count). The summed E-state index contributed by atoms with van der Waals surface area (Å²) in [4.78, 5) is 10.8. The zero-order chi connectivity index (χ0) is 31.0. The Bertz CT molecular complexity index is 2450. The maximum atomic E-state index is 5.56. The van der Waals surface area contributed by atoms with Gasteiger partial charge in [-0.2, -0.15) is 0 Å². The molecule has 0 radical (unpaired) electrons. The third-order valence-electron chi connectivity index (χ3n) is 9.13. The maximum Gasteiger partial charge on any atom is 0.149 e. The van der Waals surface area contributed by atoms with Crippen LogP contribution in [0.4, 0.5) is 0 Å². The molecule has 0 atom stereocenters. The molecular formula is C41H36N4. The molecule has 0 aliphatic carbocycles. The lowest BCUT2D eigenvalue weighted by Crippen LogP contribution is -2.11. The molecule has 0 unspecified atom stereocenters. The van der Waals surface area contributed by atoms with Crippen molar-refractivity contribution in [3.05, 3.63) is 131 Å². The van der Waals surface area contributed by atoms with Crippen LogP contribution in [0, 0.1) is 20.8 Å². The van der Waals surface area contributed by atoms with E-state index in [2.05, 4.69) is 160 Å². The zero-order valence-corrected chi connectivity index (χ0v) is 26.7. The number of aryl methyl sites for hydroxylation is 3. The van der Waals surface area contributed by atoms with Gasteiger partial charge in [-0.05, 0) is 91.9 Å². The van der Waals surface area contributed by atoms with E-state index in [0.717, 1.165) is 55.9 Å². The monoisotopic (exact) mass is 584 g/mol. The highest BCUT2D eigenvalue weighted by molar-refractivity contribution is 6.16. The summed E-state index contributed by atoms with van der Waals surface area (Å²) in [7, 11) is 0. The predicted molar refractivity (Wildman–Crippen MR) is 189 cm³/mol. The number of hydrogen-bond acceptors (Lipinski definition) is 2. The van der Waals surface area contributed by atoms with Crippen molar-refractivity contribution < 1.29 is 0 Å². The van der Waals surface area contributed by atoms with Crippen LogP contribution in [0.1, 0.15) is 43.0 Å². The van der Waals surface area contributed by atoms with Crippen molar-refractivity contribution in [1.82, 2.24) is 19.1 Å². The Hall–Kier alpha value is -5.22. The van der Waals surface area contributed by atoms with E-state index in [1.165, 1.54) is 33.0 Å². The third kappa shape index (κ3) is 4.35. The van der Waals surface area contributed by atoms with Gasteiger partial charge in [0.25, 0.3) is 0 Å². The highest BCUT2D eigenvalue weighted by atomic mass is 15.1. The Balaban J connectivity index is 1.49. The Labute approximate surface area is 263 Å². The van der Waals surface area contributed by atoms with Gasteiger partial charge in [-0.1, -0.05) is 86.5 Å². The first-order valence-corrected chi connectivity index (χ1v) is 15.7. The molecule has 0 aliphatic heterocycles. The smallest absolute Gasteiger partial charge is 0.149 e. The molecule has 4 heteroatoms. The maximum absolute atomic E-state index is 5.56. The van der Waals surface area contributed by atoms with Crippen LogP contribution in [0.5, 0.6) is 0 Å². The summed E-state index contributed by atoms with van der Waals surface area (Å²) >= 11 is 0. The Morgan fingerprint density at radius 3 is 1.87 bits per heavy atom. The zero-order valence-electron chi connectivity index (χ0n) is 26.7. The molecule has 0 aliphatic rings. The Kier molecular flexibility index (Phi) is 6.01. The van der Waals surface area contributed by atoms with Crippen LogP contribution < -0.4 is 0 Å². The van der Waals surface area contributed by atoms with Crippen LogP contribution in [0.25, 0.3) is 66.6 Å². The van der Waals surface area contributed by atoms with Crippen molar-refractivity contribution in [2.45, 2.75) is 47.0 Å². The molecule has 0 N–H and O–H groups in total. The fourth-order valence-electron chi connectivity index (χ4n) is 6.74. The van der Waals surface area contributed by atoms with E-state index in [1.807, 2.05) is 0 Å². The van der Waals surface area contributed by atoms with Crippen LogP contribution in [-0.4, -0.2) is 19.1 Å². The molecule has 0 fully saturated rings. The summed E-state index contributed by atoms with van der Waals surface area (Å²) in [6, 6.07) is 39.4. The average molecular weight is 585 g/mol. The minimum atomic E-state index is 0.0319. The van der Waals surface area contributed by atoms with E-state index >= 15 is 0 Å². The first-order valence-electron chi connectivity index (χ1n) is 15.7. The van der Waals surface area contributed by atoms with Gasteiger partial charge in [0.05, 0.1) is 16.7 Å². The quantitative estimate of drug-likeness (QED) is 0.207. The molecule has 8 aromatic rings. The number of hydrogen-bond donors (Lipinski definition) is 0. The summed E-state index contributed by atoms with van der Waals surface area (Å²) in [6.07, 6.45) is 0. The minimum absolute atomic E-state index is 0.0319. The van der Waals surface area contributed by atoms with Crippen molar-refractivity contribution in [2.75, 3.05) is 0 Å². The second-order valence-corrected chi connectivity index (χ2v) is 13.4. The first kappa shape index (κ1) is 27.3. The number of fused-ring (bicyclic) bond motifs is 6. The average Bonchev–Trinajstić information content (AvgIpc) is 3.51. The molecule has 220 valence electrons. The lowest BCUT2D eigenvalue weighted by molar-refractivity contribution is 0.590. The molecule has 0 saturated carbocycles. The third-order valence-corrected chi connectivity index (χ3v) is 9.13. The van der Waals surface area contributed by atoms with E-state index in [0.29, 0.717) is 0 Å². The minimum Gasteiger partial charge on any atom is -0.294 e. The van der Waals surface area contributed by atoms with Gasteiger partial charge < -0.3 is 0 Å². The van der Waals surface area contributed by atoms with Crippen molar-refractivity contribution >= 4 is 43.9 Å². The highest BCUT2D eigenvalue weighted by Gasteiger charge is 2.22. The van der Waals surface area contributed by atoms with E-state index < -0.39 is 0 Å². The van der Waals surface area contributed by atoms with E-state index in [1.54, 1.807) is 0 Å². The van der Waals surface area contributed by atoms with Crippen molar-refractivity contribution in [3.8, 4) is 22.8 Å². The fourth-order valence-corrected chi connectivity index (χ4v) is 6.74. The predicted octanol–water partition coefficient (Wildman–Crippen LogP) is 10.6. The molecule has 0 saturated heterocycles. The normalized spacial score (nSPS) is 12.2. The molecule has 0 amide bonds. The number of benzene rings is 4. The van der Waals surface area contributed by atoms with Gasteiger partial charge >= 0.3 is 0 Å². The molecular weight excluding hydrogens is 548 g/mol. The summed E-state index contributed by atoms with van der Waals surface area (Å²) in [5, 5.41) is 4.69. The molecule has 4 aromatic carbocycles. The topological polar surface area (TPSA) is 35.6 Å². The summed E-state index contributed by atoms with van der Waals surface area (Å²) < 4.78 is 4.58. The Morgan fingerprint density at radius 2 is 1.18 bits per heavy atom. The van der Waals surface area contributed by atoms with Crippen molar-refractivity contribution in [3.63, 3.8) is 0 Å². The van der Waals surface area contributed by atoms with Gasteiger partial charge in [-0.25, -0.2) is 9.97 Å². The van der Waals surface area contributed by atoms with Crippen LogP contribution >= 0.6 is 0 Å². The van der Waals surface area contributed by atoms with Crippen molar-refractivity contribution in [1.29, 1.82) is 0 Å². The van der Waals surface area contributed by atoms with Gasteiger partial charge in [0.1, 0.15) is 17.1 Å². The number of pyridine rings is 2. The van der Waals surface area contributed by atoms with Crippen LogP contribution in [0.15, 0.2) is 109 Å². The summed E-state index contributed by atoms with van der Waals surface area (Å²) in [5.74, 6) is 0.861. The standard InChI is InChI=1S/C41H36N4/c1-25-17-19-36-31(21-25)33-24-34-32-22-26(2)18-20-37(32)45(38-16-10-15-35(42-38)30-14-8-7-11-27(30)3)40(34)43-39(33)44(36)29-13-9-12-28(23-29)41(4,5)6/h7-24H,1-6H3. The lowest BCUT2D eigenvalue weighted by Gasteiger charge is -2.20. The summed E-state index contributed by atoms with van der Waals surface area (Å²) in [6.45, 7) is 13.3. The molecule has 0 spiro atoms. The number of rotatable bonds is 3. The van der Waals surface area contributed by atoms with Crippen LogP contribution in [0.3, 0.4) is 0 Å². The van der Waals surface area contributed by atoms with E-state index in [4.69, 9.17) is 9.97 Å². The largest absolute Gasteiger partial charge is 0.294 e. The second kappa shape index (κ2) is 9.90. The molecule has 4 nitrogen and oxygen atoms in total. The molecule has 0 bridgehead atoms. The SMILES string of the molecule is Cc1ccc2c(c1)c1cc3c4cc(C)ccc4n(-c4cccc(-c5ccccc5C)n4)c3nc1n2-c1cccc(C(C)(C)C)c1. The van der Waals surface area contributed by atoms with Crippen LogP contribution in [-0.2, 0) is 5.41 Å². The van der Waals surface area contributed by atoms with Gasteiger partial charge in [0.2, 0.25) is 0 Å². The van der Waals surface area contributed by atoms with Gasteiger partial charge in [-0.15, -0.1) is 0 Å². The highest BCUT2D eigenvalue weighted by Crippen LogP contribution is 2.39. The second-order valence-electron chi connectivity index (χ2n) is 13.4. The van der Waals surface area contributed by atoms with Gasteiger partial charge in [0, 0.05) is 32.8 Å². The number of nitrogens with zero attached hydrogens (tertiary/aromatic N) is 4. The summed E-state index contributed by atoms with van der Waals surface area (Å²) in [5.41, 5.74) is 12.3. The fraction of sp³-hybridized carbons (Fsp3) is 0.171. The Morgan fingerprint density at radius 1 is 0.533 bits per heavy atom. The first-order chi connectivity index (χ1) is 21.7. The molecule has 4 heterocycles. The molecule has 45 heavy (non-hydrogen) atoms. The van der Waals surface area contributed by atoms with E-state index in [-0.39, 0.29) is 5.41 Å². The van der Waals surface area contributed by atoms with Crippen molar-refractivity contribution in [2.24, 2.45) is 0 Å². The van der Waals surface area contributed by atoms with Gasteiger partial charge in [0.15, 0.2) is 0 Å². The van der Waals surface area contributed by atoms with Gasteiger partial charge in [-0.3, -0.25) is 9.13 Å².